The second kappa shape index (κ2) is 13.6. The highest BCUT2D eigenvalue weighted by molar-refractivity contribution is 14.0. The van der Waals surface area contributed by atoms with Gasteiger partial charge in [0.2, 0.25) is 0 Å². The standard InChI is InChI=1S/C25H36N4O3.HI/c1-4-27-24(28-17-21(30)19-10-14-26-15-11-19)29-18-25(12-6-5-7-13-25)20-8-9-22(31-2)23(16-20)32-3;/h8-11,14-16,21,30H,4-7,12-13,17-18H2,1-3H3,(H2,27,28,29);1H. The van der Waals surface area contributed by atoms with E-state index in [-0.39, 0.29) is 29.4 Å². The summed E-state index contributed by atoms with van der Waals surface area (Å²) >= 11 is 0. The number of nitrogens with zero attached hydrogens (tertiary/aromatic N) is 2. The van der Waals surface area contributed by atoms with Crippen molar-refractivity contribution in [1.82, 2.24) is 15.6 Å². The second-order valence-electron chi connectivity index (χ2n) is 8.28. The zero-order chi connectivity index (χ0) is 22.8. The van der Waals surface area contributed by atoms with Crippen LogP contribution in [0.15, 0.2) is 47.7 Å². The number of aliphatic imine (C=N–C) groups is 1. The number of aromatic nitrogens is 1. The van der Waals surface area contributed by atoms with Gasteiger partial charge in [0.05, 0.1) is 26.9 Å². The van der Waals surface area contributed by atoms with Gasteiger partial charge in [0.25, 0.3) is 0 Å². The third kappa shape index (κ3) is 7.20. The summed E-state index contributed by atoms with van der Waals surface area (Å²) in [5.41, 5.74) is 2.04. The van der Waals surface area contributed by atoms with Crippen molar-refractivity contribution in [3.05, 3.63) is 53.9 Å². The summed E-state index contributed by atoms with van der Waals surface area (Å²) in [6.07, 6.45) is 8.56. The van der Waals surface area contributed by atoms with Gasteiger partial charge in [-0.1, -0.05) is 25.3 Å². The third-order valence-electron chi connectivity index (χ3n) is 6.24. The molecule has 0 amide bonds. The normalized spacial score (nSPS) is 16.3. The largest absolute Gasteiger partial charge is 0.493 e. The van der Waals surface area contributed by atoms with Crippen molar-refractivity contribution in [3.63, 3.8) is 0 Å². The Morgan fingerprint density at radius 1 is 1.06 bits per heavy atom. The fourth-order valence-electron chi connectivity index (χ4n) is 4.40. The number of halogens is 1. The van der Waals surface area contributed by atoms with Gasteiger partial charge in [-0.2, -0.15) is 0 Å². The monoisotopic (exact) mass is 568 g/mol. The zero-order valence-electron chi connectivity index (χ0n) is 19.8. The van der Waals surface area contributed by atoms with Gasteiger partial charge < -0.3 is 25.2 Å². The lowest BCUT2D eigenvalue weighted by molar-refractivity contribution is 0.180. The van der Waals surface area contributed by atoms with Crippen molar-refractivity contribution >= 4 is 29.9 Å². The van der Waals surface area contributed by atoms with Gasteiger partial charge in [-0.25, -0.2) is 0 Å². The van der Waals surface area contributed by atoms with E-state index in [0.29, 0.717) is 19.0 Å². The van der Waals surface area contributed by atoms with Crippen molar-refractivity contribution in [1.29, 1.82) is 0 Å². The molecule has 2 aromatic rings. The molecule has 1 aromatic heterocycles. The van der Waals surface area contributed by atoms with E-state index < -0.39 is 6.10 Å². The summed E-state index contributed by atoms with van der Waals surface area (Å²) in [5.74, 6) is 2.21. The molecule has 1 atom stereocenters. The van der Waals surface area contributed by atoms with E-state index in [1.807, 2.05) is 25.1 Å². The Kier molecular flexibility index (Phi) is 11.2. The summed E-state index contributed by atoms with van der Waals surface area (Å²) in [4.78, 5) is 8.96. The first-order valence-electron chi connectivity index (χ1n) is 11.4. The first-order valence-corrected chi connectivity index (χ1v) is 11.4. The van der Waals surface area contributed by atoms with Gasteiger partial charge in [-0.15, -0.1) is 24.0 Å². The molecule has 182 valence electrons. The highest BCUT2D eigenvalue weighted by Crippen LogP contribution is 2.42. The van der Waals surface area contributed by atoms with Crippen LogP contribution in [0.5, 0.6) is 11.5 Å². The fourth-order valence-corrected chi connectivity index (χ4v) is 4.40. The molecule has 1 fully saturated rings. The molecule has 0 spiro atoms. The molecule has 0 saturated heterocycles. The van der Waals surface area contributed by atoms with Crippen LogP contribution in [-0.4, -0.2) is 49.9 Å². The topological polar surface area (TPSA) is 88.0 Å². The molecule has 0 radical (unpaired) electrons. The van der Waals surface area contributed by atoms with E-state index >= 15 is 0 Å². The molecule has 1 aliphatic carbocycles. The summed E-state index contributed by atoms with van der Waals surface area (Å²) < 4.78 is 11.0. The van der Waals surface area contributed by atoms with Crippen molar-refractivity contribution in [2.24, 2.45) is 4.99 Å². The molecular weight excluding hydrogens is 531 g/mol. The van der Waals surface area contributed by atoms with Crippen molar-refractivity contribution in [2.45, 2.75) is 50.5 Å². The maximum atomic E-state index is 10.5. The van der Waals surface area contributed by atoms with Gasteiger partial charge in [-0.05, 0) is 55.2 Å². The van der Waals surface area contributed by atoms with E-state index in [0.717, 1.165) is 36.4 Å². The number of hydrogen-bond acceptors (Lipinski definition) is 5. The number of aliphatic hydroxyl groups is 1. The van der Waals surface area contributed by atoms with E-state index in [2.05, 4.69) is 27.8 Å². The van der Waals surface area contributed by atoms with Crippen LogP contribution in [0.1, 0.15) is 56.3 Å². The van der Waals surface area contributed by atoms with Crippen LogP contribution in [0.4, 0.5) is 0 Å². The smallest absolute Gasteiger partial charge is 0.191 e. The molecular formula is C25H37IN4O3. The maximum absolute atomic E-state index is 10.5. The van der Waals surface area contributed by atoms with Crippen LogP contribution < -0.4 is 20.1 Å². The number of methoxy groups -OCH3 is 2. The second-order valence-corrected chi connectivity index (χ2v) is 8.28. The molecule has 1 aliphatic rings. The number of guanidine groups is 1. The van der Waals surface area contributed by atoms with Gasteiger partial charge in [0, 0.05) is 30.9 Å². The Labute approximate surface area is 214 Å². The zero-order valence-corrected chi connectivity index (χ0v) is 22.2. The minimum atomic E-state index is -0.628. The quantitative estimate of drug-likeness (QED) is 0.239. The molecule has 1 heterocycles. The van der Waals surface area contributed by atoms with E-state index in [1.54, 1.807) is 26.6 Å². The highest BCUT2D eigenvalue weighted by Gasteiger charge is 2.34. The van der Waals surface area contributed by atoms with Crippen LogP contribution in [0, 0.1) is 0 Å². The Hall–Kier alpha value is -2.07. The molecule has 1 aromatic carbocycles. The number of ether oxygens (including phenoxy) is 2. The third-order valence-corrected chi connectivity index (χ3v) is 6.24. The summed E-state index contributed by atoms with van der Waals surface area (Å²) in [6, 6.07) is 9.89. The summed E-state index contributed by atoms with van der Waals surface area (Å²) in [7, 11) is 3.33. The Bertz CT molecular complexity index is 873. The number of pyridine rings is 1. The Morgan fingerprint density at radius 3 is 2.39 bits per heavy atom. The van der Waals surface area contributed by atoms with Crippen molar-refractivity contribution in [3.8, 4) is 11.5 Å². The SMILES string of the molecule is CCNC(=NCC1(c2ccc(OC)c(OC)c2)CCCCC1)NCC(O)c1ccncc1.I. The van der Waals surface area contributed by atoms with E-state index in [4.69, 9.17) is 14.5 Å². The Balaban J connectivity index is 0.00000385. The summed E-state index contributed by atoms with van der Waals surface area (Å²) in [6.45, 7) is 3.84. The molecule has 3 N–H and O–H groups in total. The molecule has 7 nitrogen and oxygen atoms in total. The highest BCUT2D eigenvalue weighted by atomic mass is 127. The first kappa shape index (κ1) is 27.2. The van der Waals surface area contributed by atoms with Crippen LogP contribution >= 0.6 is 24.0 Å². The number of benzene rings is 1. The van der Waals surface area contributed by atoms with Gasteiger partial charge >= 0.3 is 0 Å². The lowest BCUT2D eigenvalue weighted by Gasteiger charge is -2.37. The number of nitrogens with one attached hydrogen (secondary N) is 2. The lowest BCUT2D eigenvalue weighted by Crippen LogP contribution is -2.41. The molecule has 33 heavy (non-hydrogen) atoms. The predicted octanol–water partition coefficient (Wildman–Crippen LogP) is 4.21. The fraction of sp³-hybridized carbons (Fsp3) is 0.520. The number of aliphatic hydroxyl groups excluding tert-OH is 1. The average Bonchev–Trinajstić information content (AvgIpc) is 2.86. The molecule has 0 aliphatic heterocycles. The van der Waals surface area contributed by atoms with Crippen LogP contribution in [0.25, 0.3) is 0 Å². The van der Waals surface area contributed by atoms with Gasteiger partial charge in [0.15, 0.2) is 17.5 Å². The molecule has 1 saturated carbocycles. The van der Waals surface area contributed by atoms with Crippen LogP contribution in [0.3, 0.4) is 0 Å². The lowest BCUT2D eigenvalue weighted by atomic mass is 9.69. The maximum Gasteiger partial charge on any atom is 0.191 e. The van der Waals surface area contributed by atoms with E-state index in [9.17, 15) is 5.11 Å². The van der Waals surface area contributed by atoms with Gasteiger partial charge in [0.1, 0.15) is 0 Å². The number of rotatable bonds is 9. The molecule has 0 bridgehead atoms. The predicted molar refractivity (Wildman–Crippen MR) is 143 cm³/mol. The van der Waals surface area contributed by atoms with Crippen molar-refractivity contribution in [2.75, 3.05) is 33.9 Å². The number of hydrogen-bond donors (Lipinski definition) is 3. The molecule has 3 rings (SSSR count). The molecule has 1 unspecified atom stereocenters. The minimum Gasteiger partial charge on any atom is -0.493 e. The molecule has 8 heteroatoms. The average molecular weight is 569 g/mol. The van der Waals surface area contributed by atoms with Gasteiger partial charge in [-0.3, -0.25) is 9.98 Å². The first-order chi connectivity index (χ1) is 15.6. The Morgan fingerprint density at radius 2 is 1.76 bits per heavy atom. The summed E-state index contributed by atoms with van der Waals surface area (Å²) in [5, 5.41) is 17.1. The van der Waals surface area contributed by atoms with E-state index in [1.165, 1.54) is 24.8 Å². The minimum absolute atomic E-state index is 0. The van der Waals surface area contributed by atoms with Crippen molar-refractivity contribution < 1.29 is 14.6 Å². The van der Waals surface area contributed by atoms with Crippen LogP contribution in [-0.2, 0) is 5.41 Å². The van der Waals surface area contributed by atoms with Crippen LogP contribution in [0.2, 0.25) is 0 Å².